The standard InChI is InChI=1S/C22H29FN2O2/c1-17-3-2-4-22(13-17)27-16-21(26)14-24-20-9-11-25(12-10-20)15-18-5-7-19(23)8-6-18/h2-8,13,20-21,24,26H,9-12,14-16H2,1H3. The lowest BCUT2D eigenvalue weighted by atomic mass is 10.0. The molecule has 1 aliphatic rings. The van der Waals surface area contributed by atoms with Crippen molar-refractivity contribution in [3.05, 3.63) is 65.5 Å². The van der Waals surface area contributed by atoms with Crippen LogP contribution in [0.3, 0.4) is 0 Å². The second kappa shape index (κ2) is 9.83. The van der Waals surface area contributed by atoms with Gasteiger partial charge >= 0.3 is 0 Å². The molecular formula is C22H29FN2O2. The minimum Gasteiger partial charge on any atom is -0.491 e. The largest absolute Gasteiger partial charge is 0.491 e. The van der Waals surface area contributed by atoms with Gasteiger partial charge < -0.3 is 15.2 Å². The average Bonchev–Trinajstić information content (AvgIpc) is 2.68. The number of ether oxygens (including phenoxy) is 1. The van der Waals surface area contributed by atoms with Crippen LogP contribution < -0.4 is 10.1 Å². The first-order valence-electron chi connectivity index (χ1n) is 9.66. The van der Waals surface area contributed by atoms with Crippen molar-refractivity contribution in [2.45, 2.75) is 38.5 Å². The molecule has 1 saturated heterocycles. The van der Waals surface area contributed by atoms with Crippen molar-refractivity contribution in [2.75, 3.05) is 26.2 Å². The summed E-state index contributed by atoms with van der Waals surface area (Å²) in [5, 5.41) is 13.6. The summed E-state index contributed by atoms with van der Waals surface area (Å²) in [6.45, 7) is 5.72. The number of rotatable bonds is 8. The van der Waals surface area contributed by atoms with Crippen molar-refractivity contribution < 1.29 is 14.2 Å². The van der Waals surface area contributed by atoms with Gasteiger partial charge in [0.2, 0.25) is 0 Å². The van der Waals surface area contributed by atoms with Crippen LogP contribution in [0.15, 0.2) is 48.5 Å². The first kappa shape index (κ1) is 19.8. The fourth-order valence-electron chi connectivity index (χ4n) is 3.40. The van der Waals surface area contributed by atoms with E-state index in [9.17, 15) is 9.50 Å². The quantitative estimate of drug-likeness (QED) is 0.747. The summed E-state index contributed by atoms with van der Waals surface area (Å²) < 4.78 is 18.6. The van der Waals surface area contributed by atoms with E-state index in [0.29, 0.717) is 19.2 Å². The number of benzene rings is 2. The third-order valence-electron chi connectivity index (χ3n) is 4.98. The van der Waals surface area contributed by atoms with Crippen LogP contribution in [0.5, 0.6) is 5.75 Å². The van der Waals surface area contributed by atoms with Crippen molar-refractivity contribution in [3.8, 4) is 5.75 Å². The lowest BCUT2D eigenvalue weighted by Gasteiger charge is -2.33. The van der Waals surface area contributed by atoms with E-state index in [2.05, 4.69) is 10.2 Å². The Morgan fingerprint density at radius 3 is 2.63 bits per heavy atom. The molecule has 2 N–H and O–H groups in total. The van der Waals surface area contributed by atoms with Crippen molar-refractivity contribution >= 4 is 0 Å². The molecule has 0 spiro atoms. The van der Waals surface area contributed by atoms with E-state index in [-0.39, 0.29) is 5.82 Å². The van der Waals surface area contributed by atoms with Crippen LogP contribution in [0.4, 0.5) is 4.39 Å². The molecule has 0 aromatic heterocycles. The van der Waals surface area contributed by atoms with Gasteiger partial charge in [-0.25, -0.2) is 4.39 Å². The van der Waals surface area contributed by atoms with Crippen LogP contribution in [0.1, 0.15) is 24.0 Å². The third-order valence-corrected chi connectivity index (χ3v) is 4.98. The average molecular weight is 372 g/mol. The Bertz CT molecular complexity index is 700. The lowest BCUT2D eigenvalue weighted by Crippen LogP contribution is -2.45. The SMILES string of the molecule is Cc1cccc(OCC(O)CNC2CCN(Cc3ccc(F)cc3)CC2)c1. The van der Waals surface area contributed by atoms with Crippen LogP contribution in [-0.4, -0.2) is 48.4 Å². The normalized spacial score (nSPS) is 17.0. The molecule has 4 nitrogen and oxygen atoms in total. The topological polar surface area (TPSA) is 44.7 Å². The minimum atomic E-state index is -0.525. The maximum absolute atomic E-state index is 13.0. The summed E-state index contributed by atoms with van der Waals surface area (Å²) in [6, 6.07) is 15.0. The van der Waals surface area contributed by atoms with Gasteiger partial charge in [-0.1, -0.05) is 24.3 Å². The molecule has 1 atom stereocenters. The number of halogens is 1. The van der Waals surface area contributed by atoms with E-state index in [1.165, 1.54) is 12.1 Å². The number of aliphatic hydroxyl groups is 1. The zero-order valence-corrected chi connectivity index (χ0v) is 15.9. The minimum absolute atomic E-state index is 0.188. The molecule has 2 aromatic carbocycles. The van der Waals surface area contributed by atoms with Gasteiger partial charge in [0.1, 0.15) is 24.3 Å². The number of piperidine rings is 1. The number of aryl methyl sites for hydroxylation is 1. The summed E-state index contributed by atoms with van der Waals surface area (Å²) in [6.07, 6.45) is 1.57. The molecule has 1 heterocycles. The van der Waals surface area contributed by atoms with E-state index in [4.69, 9.17) is 4.74 Å². The zero-order valence-electron chi connectivity index (χ0n) is 15.9. The molecule has 2 aromatic rings. The second-order valence-electron chi connectivity index (χ2n) is 7.37. The van der Waals surface area contributed by atoms with Crippen LogP contribution >= 0.6 is 0 Å². The second-order valence-corrected chi connectivity index (χ2v) is 7.37. The summed E-state index contributed by atoms with van der Waals surface area (Å²) >= 11 is 0. The van der Waals surface area contributed by atoms with Gasteiger partial charge in [0.25, 0.3) is 0 Å². The predicted molar refractivity (Wildman–Crippen MR) is 105 cm³/mol. The van der Waals surface area contributed by atoms with Crippen molar-refractivity contribution in [3.63, 3.8) is 0 Å². The van der Waals surface area contributed by atoms with Gasteiger partial charge in [0.05, 0.1) is 0 Å². The van der Waals surface area contributed by atoms with Gasteiger partial charge in [-0.3, -0.25) is 4.90 Å². The Hall–Kier alpha value is -1.95. The smallest absolute Gasteiger partial charge is 0.123 e. The molecule has 0 bridgehead atoms. The molecule has 1 aliphatic heterocycles. The Labute approximate surface area is 161 Å². The Kier molecular flexibility index (Phi) is 7.21. The maximum Gasteiger partial charge on any atom is 0.123 e. The molecule has 0 amide bonds. The maximum atomic E-state index is 13.0. The Morgan fingerprint density at radius 1 is 1.19 bits per heavy atom. The number of nitrogens with one attached hydrogen (secondary N) is 1. The molecule has 27 heavy (non-hydrogen) atoms. The van der Waals surface area contributed by atoms with E-state index in [1.54, 1.807) is 0 Å². The molecule has 146 valence electrons. The molecule has 3 rings (SSSR count). The van der Waals surface area contributed by atoms with Crippen LogP contribution in [0, 0.1) is 12.7 Å². The van der Waals surface area contributed by atoms with Gasteiger partial charge in [-0.15, -0.1) is 0 Å². The van der Waals surface area contributed by atoms with E-state index >= 15 is 0 Å². The lowest BCUT2D eigenvalue weighted by molar-refractivity contribution is 0.0979. The highest BCUT2D eigenvalue weighted by Crippen LogP contribution is 2.15. The number of nitrogens with zero attached hydrogens (tertiary/aromatic N) is 1. The van der Waals surface area contributed by atoms with Crippen molar-refractivity contribution in [1.82, 2.24) is 10.2 Å². The highest BCUT2D eigenvalue weighted by molar-refractivity contribution is 5.27. The summed E-state index contributed by atoms with van der Waals surface area (Å²) in [7, 11) is 0. The molecule has 1 fully saturated rings. The Balaban J connectivity index is 1.32. The van der Waals surface area contributed by atoms with Gasteiger partial charge in [-0.05, 0) is 68.2 Å². The van der Waals surface area contributed by atoms with Crippen molar-refractivity contribution in [1.29, 1.82) is 0 Å². The molecule has 0 aliphatic carbocycles. The molecule has 1 unspecified atom stereocenters. The van der Waals surface area contributed by atoms with Crippen LogP contribution in [0.2, 0.25) is 0 Å². The van der Waals surface area contributed by atoms with E-state index in [0.717, 1.165) is 49.4 Å². The monoisotopic (exact) mass is 372 g/mol. The summed E-state index contributed by atoms with van der Waals surface area (Å²) in [5.74, 6) is 0.606. The number of likely N-dealkylation sites (tertiary alicyclic amines) is 1. The number of hydrogen-bond acceptors (Lipinski definition) is 4. The number of hydrogen-bond donors (Lipinski definition) is 2. The highest BCUT2D eigenvalue weighted by atomic mass is 19.1. The number of aliphatic hydroxyl groups excluding tert-OH is 1. The molecule has 5 heteroatoms. The summed E-state index contributed by atoms with van der Waals surface area (Å²) in [4.78, 5) is 2.39. The van der Waals surface area contributed by atoms with Gasteiger partial charge in [0.15, 0.2) is 0 Å². The van der Waals surface area contributed by atoms with Gasteiger partial charge in [0, 0.05) is 19.1 Å². The fraction of sp³-hybridized carbons (Fsp3) is 0.455. The van der Waals surface area contributed by atoms with Crippen molar-refractivity contribution in [2.24, 2.45) is 0 Å². The molecule has 0 saturated carbocycles. The van der Waals surface area contributed by atoms with Crippen LogP contribution in [-0.2, 0) is 6.54 Å². The van der Waals surface area contributed by atoms with Crippen LogP contribution in [0.25, 0.3) is 0 Å². The predicted octanol–water partition coefficient (Wildman–Crippen LogP) is 3.13. The molecular weight excluding hydrogens is 343 g/mol. The highest BCUT2D eigenvalue weighted by Gasteiger charge is 2.19. The zero-order chi connectivity index (χ0) is 19.1. The third kappa shape index (κ3) is 6.61. The van der Waals surface area contributed by atoms with E-state index < -0.39 is 6.10 Å². The first-order valence-corrected chi connectivity index (χ1v) is 9.66. The molecule has 0 radical (unpaired) electrons. The van der Waals surface area contributed by atoms with E-state index in [1.807, 2.05) is 43.3 Å². The summed E-state index contributed by atoms with van der Waals surface area (Å²) in [5.41, 5.74) is 2.29. The van der Waals surface area contributed by atoms with Gasteiger partial charge in [-0.2, -0.15) is 0 Å². The fourth-order valence-corrected chi connectivity index (χ4v) is 3.40. The first-order chi connectivity index (χ1) is 13.1. The Morgan fingerprint density at radius 2 is 1.93 bits per heavy atom.